The van der Waals surface area contributed by atoms with Crippen LogP contribution in [-0.2, 0) is 9.59 Å². The van der Waals surface area contributed by atoms with Crippen LogP contribution in [-0.4, -0.2) is 16.9 Å². The SMILES string of the molecule is CC1=CC(=O)[C@@H]2CCC[C@]2(C(=O)O)C1. The van der Waals surface area contributed by atoms with E-state index < -0.39 is 11.4 Å². The van der Waals surface area contributed by atoms with Crippen molar-refractivity contribution in [1.29, 1.82) is 0 Å². The van der Waals surface area contributed by atoms with Crippen LogP contribution < -0.4 is 0 Å². The molecule has 2 aliphatic rings. The number of carbonyl (C=O) groups excluding carboxylic acids is 1. The number of carbonyl (C=O) groups is 2. The number of hydrogen-bond donors (Lipinski definition) is 1. The Morgan fingerprint density at radius 3 is 3.00 bits per heavy atom. The van der Waals surface area contributed by atoms with Crippen molar-refractivity contribution in [2.45, 2.75) is 32.6 Å². The van der Waals surface area contributed by atoms with Crippen LogP contribution in [0.25, 0.3) is 0 Å². The van der Waals surface area contributed by atoms with Gasteiger partial charge in [-0.25, -0.2) is 0 Å². The lowest BCUT2D eigenvalue weighted by Gasteiger charge is -2.33. The van der Waals surface area contributed by atoms with Gasteiger partial charge in [-0.1, -0.05) is 12.0 Å². The summed E-state index contributed by atoms with van der Waals surface area (Å²) in [7, 11) is 0. The largest absolute Gasteiger partial charge is 0.481 e. The van der Waals surface area contributed by atoms with E-state index in [0.29, 0.717) is 12.8 Å². The molecule has 0 radical (unpaired) electrons. The molecule has 2 aliphatic carbocycles. The van der Waals surface area contributed by atoms with E-state index in [1.807, 2.05) is 6.92 Å². The van der Waals surface area contributed by atoms with Gasteiger partial charge in [0, 0.05) is 5.92 Å². The standard InChI is InChI=1S/C11H14O3/c1-7-5-9(12)8-3-2-4-11(8,6-7)10(13)14/h5,8H,2-4,6H2,1H3,(H,13,14)/t8-,11-/m0/s1. The molecule has 0 aromatic heterocycles. The average Bonchev–Trinajstić information content (AvgIpc) is 2.48. The first-order valence-electron chi connectivity index (χ1n) is 5.01. The van der Waals surface area contributed by atoms with Crippen molar-refractivity contribution in [2.75, 3.05) is 0 Å². The van der Waals surface area contributed by atoms with Crippen molar-refractivity contribution in [3.8, 4) is 0 Å². The zero-order valence-electron chi connectivity index (χ0n) is 8.25. The Labute approximate surface area is 82.8 Å². The van der Waals surface area contributed by atoms with Gasteiger partial charge in [-0.15, -0.1) is 0 Å². The van der Waals surface area contributed by atoms with Gasteiger partial charge in [-0.2, -0.15) is 0 Å². The zero-order chi connectivity index (χ0) is 10.3. The van der Waals surface area contributed by atoms with Gasteiger partial charge in [0.25, 0.3) is 0 Å². The van der Waals surface area contributed by atoms with E-state index in [0.717, 1.165) is 18.4 Å². The minimum absolute atomic E-state index is 0.0219. The fraction of sp³-hybridized carbons (Fsp3) is 0.636. The molecule has 3 nitrogen and oxygen atoms in total. The quantitative estimate of drug-likeness (QED) is 0.692. The molecule has 3 heteroatoms. The summed E-state index contributed by atoms with van der Waals surface area (Å²) < 4.78 is 0. The van der Waals surface area contributed by atoms with Gasteiger partial charge in [0.15, 0.2) is 5.78 Å². The van der Waals surface area contributed by atoms with E-state index in [9.17, 15) is 14.7 Å². The van der Waals surface area contributed by atoms with Gasteiger partial charge >= 0.3 is 5.97 Å². The van der Waals surface area contributed by atoms with Crippen molar-refractivity contribution in [3.05, 3.63) is 11.6 Å². The molecule has 0 saturated heterocycles. The first kappa shape index (κ1) is 9.44. The summed E-state index contributed by atoms with van der Waals surface area (Å²) in [5, 5.41) is 9.26. The maximum absolute atomic E-state index is 11.7. The van der Waals surface area contributed by atoms with Gasteiger partial charge in [0.2, 0.25) is 0 Å². The lowest BCUT2D eigenvalue weighted by molar-refractivity contribution is -0.154. The number of carboxylic acids is 1. The third-order valence-electron chi connectivity index (χ3n) is 3.54. The van der Waals surface area contributed by atoms with E-state index in [2.05, 4.69) is 0 Å². The van der Waals surface area contributed by atoms with Crippen LogP contribution in [0.2, 0.25) is 0 Å². The van der Waals surface area contributed by atoms with Crippen molar-refractivity contribution in [1.82, 2.24) is 0 Å². The molecule has 0 bridgehead atoms. The summed E-state index contributed by atoms with van der Waals surface area (Å²) in [6, 6.07) is 0. The molecule has 0 aromatic carbocycles. The normalized spacial score (nSPS) is 36.5. The van der Waals surface area contributed by atoms with Gasteiger partial charge in [0.1, 0.15) is 0 Å². The summed E-state index contributed by atoms with van der Waals surface area (Å²) in [6.45, 7) is 1.84. The van der Waals surface area contributed by atoms with Crippen molar-refractivity contribution in [3.63, 3.8) is 0 Å². The van der Waals surface area contributed by atoms with Crippen molar-refractivity contribution >= 4 is 11.8 Å². The predicted molar refractivity (Wildman–Crippen MR) is 50.8 cm³/mol. The molecule has 0 spiro atoms. The van der Waals surface area contributed by atoms with Crippen LogP contribution >= 0.6 is 0 Å². The number of rotatable bonds is 1. The van der Waals surface area contributed by atoms with Crippen LogP contribution in [0.3, 0.4) is 0 Å². The Morgan fingerprint density at radius 1 is 1.64 bits per heavy atom. The Kier molecular flexibility index (Phi) is 1.98. The summed E-state index contributed by atoms with van der Waals surface area (Å²) in [5.74, 6) is -1.03. The topological polar surface area (TPSA) is 54.4 Å². The Morgan fingerprint density at radius 2 is 2.36 bits per heavy atom. The molecule has 0 aliphatic heterocycles. The minimum Gasteiger partial charge on any atom is -0.481 e. The highest BCUT2D eigenvalue weighted by molar-refractivity contribution is 5.98. The summed E-state index contributed by atoms with van der Waals surface area (Å²) in [5.41, 5.74) is 0.145. The maximum atomic E-state index is 11.7. The zero-order valence-corrected chi connectivity index (χ0v) is 8.25. The highest BCUT2D eigenvalue weighted by Crippen LogP contribution is 2.50. The molecule has 0 heterocycles. The molecule has 0 unspecified atom stereocenters. The second-order valence-corrected chi connectivity index (χ2v) is 4.48. The third-order valence-corrected chi connectivity index (χ3v) is 3.54. The summed E-state index contributed by atoms with van der Waals surface area (Å²) in [6.07, 6.45) is 4.44. The number of aliphatic carboxylic acids is 1. The average molecular weight is 194 g/mol. The van der Waals surface area contributed by atoms with Crippen LogP contribution in [0.1, 0.15) is 32.6 Å². The Balaban J connectivity index is 2.43. The molecular formula is C11H14O3. The summed E-state index contributed by atoms with van der Waals surface area (Å²) in [4.78, 5) is 22.9. The predicted octanol–water partition coefficient (Wildman–Crippen LogP) is 1.78. The highest BCUT2D eigenvalue weighted by Gasteiger charge is 2.53. The first-order valence-corrected chi connectivity index (χ1v) is 5.01. The molecule has 76 valence electrons. The molecular weight excluding hydrogens is 180 g/mol. The Hall–Kier alpha value is -1.12. The third kappa shape index (κ3) is 1.11. The molecule has 1 saturated carbocycles. The number of carboxylic acid groups (broad SMARTS) is 1. The van der Waals surface area contributed by atoms with Crippen molar-refractivity contribution in [2.24, 2.45) is 11.3 Å². The fourth-order valence-electron chi connectivity index (χ4n) is 2.92. The molecule has 1 N–H and O–H groups in total. The van der Waals surface area contributed by atoms with Gasteiger partial charge in [-0.05, 0) is 32.3 Å². The monoisotopic (exact) mass is 194 g/mol. The van der Waals surface area contributed by atoms with E-state index in [1.165, 1.54) is 0 Å². The molecule has 0 amide bonds. The van der Waals surface area contributed by atoms with Gasteiger partial charge < -0.3 is 5.11 Å². The van der Waals surface area contributed by atoms with Crippen molar-refractivity contribution < 1.29 is 14.7 Å². The number of fused-ring (bicyclic) bond motifs is 1. The van der Waals surface area contributed by atoms with E-state index in [4.69, 9.17) is 0 Å². The molecule has 2 rings (SSSR count). The second kappa shape index (κ2) is 2.94. The van der Waals surface area contributed by atoms with Gasteiger partial charge in [-0.3, -0.25) is 9.59 Å². The Bertz CT molecular complexity index is 329. The van der Waals surface area contributed by atoms with Crippen LogP contribution in [0.4, 0.5) is 0 Å². The molecule has 2 atom stereocenters. The molecule has 14 heavy (non-hydrogen) atoms. The molecule has 0 aromatic rings. The van der Waals surface area contributed by atoms with Crippen LogP contribution in [0.15, 0.2) is 11.6 Å². The van der Waals surface area contributed by atoms with Crippen LogP contribution in [0, 0.1) is 11.3 Å². The summed E-state index contributed by atoms with van der Waals surface area (Å²) >= 11 is 0. The fourth-order valence-corrected chi connectivity index (χ4v) is 2.92. The second-order valence-electron chi connectivity index (χ2n) is 4.48. The smallest absolute Gasteiger partial charge is 0.310 e. The lowest BCUT2D eigenvalue weighted by Crippen LogP contribution is -2.41. The van der Waals surface area contributed by atoms with E-state index >= 15 is 0 Å². The lowest BCUT2D eigenvalue weighted by atomic mass is 9.68. The highest BCUT2D eigenvalue weighted by atomic mass is 16.4. The number of hydrogen-bond acceptors (Lipinski definition) is 2. The van der Waals surface area contributed by atoms with E-state index in [1.54, 1.807) is 6.08 Å². The molecule has 1 fully saturated rings. The maximum Gasteiger partial charge on any atom is 0.310 e. The minimum atomic E-state index is -0.791. The van der Waals surface area contributed by atoms with Crippen LogP contribution in [0.5, 0.6) is 0 Å². The number of ketones is 1. The number of allylic oxidation sites excluding steroid dienone is 2. The van der Waals surface area contributed by atoms with Gasteiger partial charge in [0.05, 0.1) is 5.41 Å². The van der Waals surface area contributed by atoms with E-state index in [-0.39, 0.29) is 11.7 Å². The first-order chi connectivity index (χ1) is 6.56.